The molecule has 0 spiro atoms. The van der Waals surface area contributed by atoms with Gasteiger partial charge in [-0.3, -0.25) is 9.79 Å². The number of nitrogens with one attached hydrogen (secondary N) is 1. The zero-order valence-electron chi connectivity index (χ0n) is 15.8. The zero-order chi connectivity index (χ0) is 18.1. The van der Waals surface area contributed by atoms with Gasteiger partial charge in [-0.2, -0.15) is 0 Å². The summed E-state index contributed by atoms with van der Waals surface area (Å²) in [6.07, 6.45) is 6.53. The second-order valence-electron chi connectivity index (χ2n) is 6.60. The molecular formula is C19H32N4O2. The minimum atomic E-state index is -0.0294. The van der Waals surface area contributed by atoms with Crippen molar-refractivity contribution in [3.63, 3.8) is 0 Å². The fourth-order valence-corrected chi connectivity index (χ4v) is 3.19. The number of piperazine rings is 1. The van der Waals surface area contributed by atoms with E-state index in [-0.39, 0.29) is 5.91 Å². The molecule has 2 rings (SSSR count). The summed E-state index contributed by atoms with van der Waals surface area (Å²) in [6.45, 7) is 8.41. The molecule has 0 aliphatic carbocycles. The van der Waals surface area contributed by atoms with Gasteiger partial charge in [-0.25, -0.2) is 0 Å². The van der Waals surface area contributed by atoms with Crippen LogP contribution in [0.1, 0.15) is 50.1 Å². The standard InChI is InChI=1S/C19H32N4O2/c1-4-6-8-16(5-2)15-21-19(20-3)23-12-10-22(11-13-23)18(24)17-9-7-14-25-17/h7,9,14,16H,4-6,8,10-13,15H2,1-3H3,(H,20,21). The molecule has 1 unspecified atom stereocenters. The minimum absolute atomic E-state index is 0.0294. The molecule has 0 bridgehead atoms. The molecule has 1 fully saturated rings. The molecule has 1 aromatic rings. The number of rotatable bonds is 7. The van der Waals surface area contributed by atoms with Crippen LogP contribution in [0.25, 0.3) is 0 Å². The Morgan fingerprint density at radius 1 is 1.28 bits per heavy atom. The number of nitrogens with zero attached hydrogens (tertiary/aromatic N) is 3. The van der Waals surface area contributed by atoms with Gasteiger partial charge in [0.15, 0.2) is 11.7 Å². The third-order valence-electron chi connectivity index (χ3n) is 4.90. The van der Waals surface area contributed by atoms with Crippen molar-refractivity contribution in [3.05, 3.63) is 24.2 Å². The van der Waals surface area contributed by atoms with Gasteiger partial charge in [-0.15, -0.1) is 0 Å². The zero-order valence-corrected chi connectivity index (χ0v) is 15.8. The Balaban J connectivity index is 1.80. The topological polar surface area (TPSA) is 61.1 Å². The predicted molar refractivity (Wildman–Crippen MR) is 101 cm³/mol. The number of hydrogen-bond donors (Lipinski definition) is 1. The van der Waals surface area contributed by atoms with Crippen LogP contribution in [-0.2, 0) is 0 Å². The van der Waals surface area contributed by atoms with Crippen molar-refractivity contribution in [2.24, 2.45) is 10.9 Å². The fourth-order valence-electron chi connectivity index (χ4n) is 3.19. The van der Waals surface area contributed by atoms with Crippen molar-refractivity contribution < 1.29 is 9.21 Å². The maximum absolute atomic E-state index is 12.3. The maximum atomic E-state index is 12.3. The van der Waals surface area contributed by atoms with Gasteiger partial charge in [0.2, 0.25) is 0 Å². The van der Waals surface area contributed by atoms with Crippen molar-refractivity contribution in [1.29, 1.82) is 0 Å². The lowest BCUT2D eigenvalue weighted by atomic mass is 9.99. The highest BCUT2D eigenvalue weighted by molar-refractivity contribution is 5.91. The lowest BCUT2D eigenvalue weighted by Gasteiger charge is -2.36. The third kappa shape index (κ3) is 5.51. The Bertz CT molecular complexity index is 534. The summed E-state index contributed by atoms with van der Waals surface area (Å²) in [5.41, 5.74) is 0. The highest BCUT2D eigenvalue weighted by atomic mass is 16.3. The number of amides is 1. The second kappa shape index (κ2) is 10.1. The van der Waals surface area contributed by atoms with Gasteiger partial charge in [0, 0.05) is 39.8 Å². The Morgan fingerprint density at radius 3 is 2.56 bits per heavy atom. The van der Waals surface area contributed by atoms with Crippen molar-refractivity contribution >= 4 is 11.9 Å². The molecule has 140 valence electrons. The molecule has 1 saturated heterocycles. The highest BCUT2D eigenvalue weighted by Crippen LogP contribution is 2.12. The first-order chi connectivity index (χ1) is 12.2. The normalized spacial score (nSPS) is 16.8. The van der Waals surface area contributed by atoms with Gasteiger partial charge in [0.1, 0.15) is 0 Å². The number of unbranched alkanes of at least 4 members (excludes halogenated alkanes) is 1. The first kappa shape index (κ1) is 19.3. The molecule has 1 aromatic heterocycles. The summed E-state index contributed by atoms with van der Waals surface area (Å²) in [6, 6.07) is 3.47. The van der Waals surface area contributed by atoms with Crippen LogP contribution in [-0.4, -0.2) is 61.4 Å². The van der Waals surface area contributed by atoms with Crippen molar-refractivity contribution in [2.45, 2.75) is 39.5 Å². The average molecular weight is 348 g/mol. The summed E-state index contributed by atoms with van der Waals surface area (Å²) in [5.74, 6) is 2.02. The number of hydrogen-bond acceptors (Lipinski definition) is 3. The van der Waals surface area contributed by atoms with Gasteiger partial charge in [0.25, 0.3) is 5.91 Å². The van der Waals surface area contributed by atoms with Crippen LogP contribution >= 0.6 is 0 Å². The average Bonchev–Trinajstić information content (AvgIpc) is 3.19. The Labute approximate surface area is 151 Å². The molecule has 1 atom stereocenters. The first-order valence-corrected chi connectivity index (χ1v) is 9.47. The van der Waals surface area contributed by atoms with E-state index in [4.69, 9.17) is 4.42 Å². The molecule has 0 saturated carbocycles. The Morgan fingerprint density at radius 2 is 2.00 bits per heavy atom. The lowest BCUT2D eigenvalue weighted by Crippen LogP contribution is -2.54. The Kier molecular flexibility index (Phi) is 7.82. The van der Waals surface area contributed by atoms with E-state index in [0.717, 1.165) is 25.6 Å². The molecule has 0 aromatic carbocycles. The summed E-state index contributed by atoms with van der Waals surface area (Å²) in [7, 11) is 1.83. The predicted octanol–water partition coefficient (Wildman–Crippen LogP) is 2.83. The molecule has 2 heterocycles. The number of guanidine groups is 1. The van der Waals surface area contributed by atoms with E-state index in [2.05, 4.69) is 29.1 Å². The lowest BCUT2D eigenvalue weighted by molar-refractivity contribution is 0.0657. The number of carbonyl (C=O) groups excluding carboxylic acids is 1. The molecule has 6 heteroatoms. The van der Waals surface area contributed by atoms with E-state index < -0.39 is 0 Å². The van der Waals surface area contributed by atoms with Crippen LogP contribution in [0.5, 0.6) is 0 Å². The maximum Gasteiger partial charge on any atom is 0.289 e. The fraction of sp³-hybridized carbons (Fsp3) is 0.684. The van der Waals surface area contributed by atoms with E-state index in [0.29, 0.717) is 24.8 Å². The largest absolute Gasteiger partial charge is 0.459 e. The van der Waals surface area contributed by atoms with E-state index in [1.54, 1.807) is 12.1 Å². The van der Waals surface area contributed by atoms with Gasteiger partial charge >= 0.3 is 0 Å². The van der Waals surface area contributed by atoms with Crippen LogP contribution in [0.2, 0.25) is 0 Å². The van der Waals surface area contributed by atoms with Gasteiger partial charge in [0.05, 0.1) is 6.26 Å². The molecule has 0 radical (unpaired) electrons. The van der Waals surface area contributed by atoms with Crippen LogP contribution in [0.4, 0.5) is 0 Å². The van der Waals surface area contributed by atoms with Crippen molar-refractivity contribution in [1.82, 2.24) is 15.1 Å². The quantitative estimate of drug-likeness (QED) is 0.608. The van der Waals surface area contributed by atoms with Crippen LogP contribution in [0.3, 0.4) is 0 Å². The minimum Gasteiger partial charge on any atom is -0.459 e. The summed E-state index contributed by atoms with van der Waals surface area (Å²) >= 11 is 0. The third-order valence-corrected chi connectivity index (χ3v) is 4.90. The number of carbonyl (C=O) groups is 1. The van der Waals surface area contributed by atoms with Crippen molar-refractivity contribution in [3.8, 4) is 0 Å². The Hall–Kier alpha value is -1.98. The second-order valence-corrected chi connectivity index (χ2v) is 6.60. The molecular weight excluding hydrogens is 316 g/mol. The van der Waals surface area contributed by atoms with E-state index in [9.17, 15) is 4.79 Å². The first-order valence-electron chi connectivity index (χ1n) is 9.47. The SMILES string of the molecule is CCCCC(CC)CNC(=NC)N1CCN(C(=O)c2ccco2)CC1. The van der Waals surface area contributed by atoms with E-state index in [1.807, 2.05) is 11.9 Å². The van der Waals surface area contributed by atoms with Crippen LogP contribution < -0.4 is 5.32 Å². The van der Waals surface area contributed by atoms with Gasteiger partial charge in [-0.1, -0.05) is 33.1 Å². The molecule has 1 N–H and O–H groups in total. The number of furan rings is 1. The summed E-state index contributed by atoms with van der Waals surface area (Å²) in [4.78, 5) is 20.8. The molecule has 1 amide bonds. The van der Waals surface area contributed by atoms with Crippen LogP contribution in [0.15, 0.2) is 27.8 Å². The van der Waals surface area contributed by atoms with Crippen LogP contribution in [0, 0.1) is 5.92 Å². The smallest absolute Gasteiger partial charge is 0.289 e. The molecule has 6 nitrogen and oxygen atoms in total. The number of aliphatic imine (C=N–C) groups is 1. The summed E-state index contributed by atoms with van der Waals surface area (Å²) in [5, 5.41) is 3.52. The summed E-state index contributed by atoms with van der Waals surface area (Å²) < 4.78 is 5.21. The van der Waals surface area contributed by atoms with Gasteiger partial charge < -0.3 is 19.5 Å². The highest BCUT2D eigenvalue weighted by Gasteiger charge is 2.25. The van der Waals surface area contributed by atoms with Crippen molar-refractivity contribution in [2.75, 3.05) is 39.8 Å². The monoisotopic (exact) mass is 348 g/mol. The van der Waals surface area contributed by atoms with E-state index in [1.165, 1.54) is 31.9 Å². The molecule has 25 heavy (non-hydrogen) atoms. The molecule has 1 aliphatic heterocycles. The molecule has 1 aliphatic rings. The van der Waals surface area contributed by atoms with Gasteiger partial charge in [-0.05, 0) is 24.5 Å². The van der Waals surface area contributed by atoms with E-state index >= 15 is 0 Å².